The highest BCUT2D eigenvalue weighted by Gasteiger charge is 2.19. The first kappa shape index (κ1) is 21.7. The van der Waals surface area contributed by atoms with Crippen LogP contribution in [-0.4, -0.2) is 52.3 Å². The molecule has 180 valence electrons. The van der Waals surface area contributed by atoms with Crippen LogP contribution in [0, 0.1) is 5.92 Å². The minimum absolute atomic E-state index is 0.293. The second-order valence-corrected chi connectivity index (χ2v) is 9.23. The third-order valence-electron chi connectivity index (χ3n) is 6.97. The Balaban J connectivity index is 1.23. The summed E-state index contributed by atoms with van der Waals surface area (Å²) < 4.78 is 7.72. The molecule has 3 N–H and O–H groups in total. The van der Waals surface area contributed by atoms with Crippen molar-refractivity contribution >= 4 is 28.5 Å². The molecule has 2 aliphatic heterocycles. The quantitative estimate of drug-likeness (QED) is 0.381. The number of fused-ring (bicyclic) bond motifs is 2. The van der Waals surface area contributed by atoms with Gasteiger partial charge in [-0.25, -0.2) is 9.97 Å². The number of piperidine rings is 1. The third-order valence-corrected chi connectivity index (χ3v) is 6.97. The minimum Gasteiger partial charge on any atom is -0.490 e. The van der Waals surface area contributed by atoms with Crippen LogP contribution in [-0.2, 0) is 0 Å². The average Bonchev–Trinajstić information content (AvgIpc) is 3.39. The van der Waals surface area contributed by atoms with Crippen molar-refractivity contribution in [3.63, 3.8) is 0 Å². The van der Waals surface area contributed by atoms with E-state index in [0.29, 0.717) is 24.9 Å². The van der Waals surface area contributed by atoms with E-state index in [-0.39, 0.29) is 0 Å². The molecule has 0 amide bonds. The molecular weight excluding hydrogens is 440 g/mol. The molecule has 0 unspecified atom stereocenters. The zero-order chi connectivity index (χ0) is 23.6. The van der Waals surface area contributed by atoms with Gasteiger partial charge < -0.3 is 29.8 Å². The van der Waals surface area contributed by atoms with Gasteiger partial charge in [0.15, 0.2) is 11.5 Å². The van der Waals surface area contributed by atoms with Crippen LogP contribution in [0.15, 0.2) is 61.1 Å². The van der Waals surface area contributed by atoms with E-state index in [1.165, 1.54) is 5.69 Å². The monoisotopic (exact) mass is 470 g/mol. The van der Waals surface area contributed by atoms with Crippen molar-refractivity contribution in [2.75, 3.05) is 48.4 Å². The van der Waals surface area contributed by atoms with Gasteiger partial charge in [0.25, 0.3) is 0 Å². The Morgan fingerprint density at radius 1 is 1.11 bits per heavy atom. The zero-order valence-corrected chi connectivity index (χ0v) is 19.7. The van der Waals surface area contributed by atoms with Crippen LogP contribution in [0.3, 0.4) is 0 Å². The Bertz CT molecular complexity index is 1310. The molecule has 8 heteroatoms. The van der Waals surface area contributed by atoms with E-state index >= 15 is 0 Å². The lowest BCUT2D eigenvalue weighted by Crippen LogP contribution is -2.33. The fourth-order valence-electron chi connectivity index (χ4n) is 5.01. The molecule has 2 aromatic heterocycles. The summed E-state index contributed by atoms with van der Waals surface area (Å²) in [5.41, 5.74) is 5.85. The van der Waals surface area contributed by atoms with Crippen molar-refractivity contribution in [1.29, 1.82) is 0 Å². The summed E-state index contributed by atoms with van der Waals surface area (Å²) >= 11 is 0. The number of hydrogen-bond acceptors (Lipinski definition) is 7. The number of aliphatic hydroxyl groups is 1. The van der Waals surface area contributed by atoms with Crippen LogP contribution in [0.2, 0.25) is 0 Å². The van der Waals surface area contributed by atoms with Crippen molar-refractivity contribution in [3.8, 4) is 17.0 Å². The fourth-order valence-corrected chi connectivity index (χ4v) is 5.01. The first-order chi connectivity index (χ1) is 17.3. The lowest BCUT2D eigenvalue weighted by molar-refractivity contribution is 0.240. The maximum absolute atomic E-state index is 9.19. The van der Waals surface area contributed by atoms with E-state index in [1.807, 2.05) is 28.9 Å². The zero-order valence-electron chi connectivity index (χ0n) is 19.7. The Labute approximate surface area is 204 Å². The van der Waals surface area contributed by atoms with E-state index < -0.39 is 0 Å². The molecule has 4 aromatic rings. The number of nitrogens with zero attached hydrogens (tertiary/aromatic N) is 4. The van der Waals surface area contributed by atoms with E-state index in [9.17, 15) is 5.11 Å². The molecule has 0 bridgehead atoms. The van der Waals surface area contributed by atoms with Gasteiger partial charge in [0.05, 0.1) is 11.4 Å². The molecule has 0 radical (unpaired) electrons. The van der Waals surface area contributed by atoms with E-state index in [1.54, 1.807) is 6.20 Å². The highest BCUT2D eigenvalue weighted by atomic mass is 16.5. The molecule has 0 spiro atoms. The summed E-state index contributed by atoms with van der Waals surface area (Å²) in [6, 6.07) is 14.6. The number of ether oxygens (including phenoxy) is 1. The molecule has 1 saturated heterocycles. The Kier molecular flexibility index (Phi) is 5.88. The van der Waals surface area contributed by atoms with Crippen molar-refractivity contribution in [3.05, 3.63) is 61.1 Å². The number of imidazole rings is 1. The second-order valence-electron chi connectivity index (χ2n) is 9.23. The van der Waals surface area contributed by atoms with Gasteiger partial charge >= 0.3 is 0 Å². The summed E-state index contributed by atoms with van der Waals surface area (Å²) in [5, 5.41) is 16.1. The fraction of sp³-hybridized carbons (Fsp3) is 0.333. The van der Waals surface area contributed by atoms with Crippen LogP contribution in [0.4, 0.5) is 22.9 Å². The van der Waals surface area contributed by atoms with Gasteiger partial charge in [-0.05, 0) is 67.6 Å². The molecule has 35 heavy (non-hydrogen) atoms. The van der Waals surface area contributed by atoms with Gasteiger partial charge in [0.1, 0.15) is 12.4 Å². The summed E-state index contributed by atoms with van der Waals surface area (Å²) in [6.07, 6.45) is 8.93. The largest absolute Gasteiger partial charge is 0.490 e. The molecule has 6 rings (SSSR count). The summed E-state index contributed by atoms with van der Waals surface area (Å²) in [7, 11) is 0. The number of aliphatic hydroxyl groups excluding tert-OH is 1. The minimum atomic E-state index is 0.293. The number of hydrogen-bond donors (Lipinski definition) is 3. The molecule has 0 aliphatic carbocycles. The highest BCUT2D eigenvalue weighted by molar-refractivity contribution is 5.76. The number of anilines is 4. The molecule has 0 saturated carbocycles. The molecule has 2 aromatic carbocycles. The lowest BCUT2D eigenvalue weighted by Gasteiger charge is -2.33. The SMILES string of the molecule is OCCC1CCN(c2ccc(Nc3nc(-c4ccc5c(c4)NCCO5)cn4ccnc34)cc2)CC1. The maximum atomic E-state index is 9.19. The predicted molar refractivity (Wildman–Crippen MR) is 139 cm³/mol. The summed E-state index contributed by atoms with van der Waals surface area (Å²) in [6.45, 7) is 3.85. The van der Waals surface area contributed by atoms with Crippen molar-refractivity contribution in [2.45, 2.75) is 19.3 Å². The first-order valence-corrected chi connectivity index (χ1v) is 12.3. The van der Waals surface area contributed by atoms with Crippen LogP contribution in [0.25, 0.3) is 16.9 Å². The Hall–Kier alpha value is -3.78. The van der Waals surface area contributed by atoms with Crippen LogP contribution in [0.1, 0.15) is 19.3 Å². The van der Waals surface area contributed by atoms with Crippen LogP contribution >= 0.6 is 0 Å². The van der Waals surface area contributed by atoms with Crippen molar-refractivity contribution in [1.82, 2.24) is 14.4 Å². The van der Waals surface area contributed by atoms with Crippen LogP contribution < -0.4 is 20.3 Å². The number of rotatable bonds is 6. The molecule has 1 fully saturated rings. The lowest BCUT2D eigenvalue weighted by atomic mass is 9.93. The molecular formula is C27H30N6O2. The summed E-state index contributed by atoms with van der Waals surface area (Å²) in [5.74, 6) is 2.23. The standard InChI is InChI=1S/C27H30N6O2/c34-15-9-19-7-12-32(13-8-19)22-4-2-21(3-5-22)30-26-27-29-10-14-33(27)18-24(31-26)20-1-6-25-23(17-20)28-11-16-35-25/h1-6,10,14,17-19,28,34H,7-9,11-13,15-16H2,(H,30,31). The summed E-state index contributed by atoms with van der Waals surface area (Å²) in [4.78, 5) is 11.9. The van der Waals surface area contributed by atoms with Gasteiger partial charge in [-0.3, -0.25) is 0 Å². The Morgan fingerprint density at radius 3 is 2.80 bits per heavy atom. The van der Waals surface area contributed by atoms with Crippen molar-refractivity contribution in [2.24, 2.45) is 5.92 Å². The molecule has 0 atom stereocenters. The van der Waals surface area contributed by atoms with Crippen molar-refractivity contribution < 1.29 is 9.84 Å². The normalized spacial score (nSPS) is 16.0. The second kappa shape index (κ2) is 9.46. The number of nitrogens with one attached hydrogen (secondary N) is 2. The molecule has 2 aliphatic rings. The molecule has 8 nitrogen and oxygen atoms in total. The first-order valence-electron chi connectivity index (χ1n) is 12.3. The topological polar surface area (TPSA) is 87.0 Å². The van der Waals surface area contributed by atoms with Gasteiger partial charge in [-0.2, -0.15) is 0 Å². The van der Waals surface area contributed by atoms with E-state index in [0.717, 1.165) is 72.9 Å². The maximum Gasteiger partial charge on any atom is 0.180 e. The highest BCUT2D eigenvalue weighted by Crippen LogP contribution is 2.33. The average molecular weight is 471 g/mol. The molecule has 4 heterocycles. The van der Waals surface area contributed by atoms with Gasteiger partial charge in [-0.15, -0.1) is 0 Å². The van der Waals surface area contributed by atoms with E-state index in [2.05, 4.69) is 50.8 Å². The number of benzene rings is 2. The number of aromatic nitrogens is 3. The van der Waals surface area contributed by atoms with E-state index in [4.69, 9.17) is 9.72 Å². The van der Waals surface area contributed by atoms with Gasteiger partial charge in [0, 0.05) is 61.8 Å². The van der Waals surface area contributed by atoms with Crippen LogP contribution in [0.5, 0.6) is 5.75 Å². The van der Waals surface area contributed by atoms with Gasteiger partial charge in [0.2, 0.25) is 0 Å². The Morgan fingerprint density at radius 2 is 1.97 bits per heavy atom. The third kappa shape index (κ3) is 4.49. The smallest absolute Gasteiger partial charge is 0.180 e. The van der Waals surface area contributed by atoms with Gasteiger partial charge in [-0.1, -0.05) is 0 Å². The predicted octanol–water partition coefficient (Wildman–Crippen LogP) is 4.54.